The van der Waals surface area contributed by atoms with Crippen LogP contribution in [0.15, 0.2) is 42.7 Å². The zero-order valence-electron chi connectivity index (χ0n) is 17.8. The maximum absolute atomic E-state index is 13.3. The van der Waals surface area contributed by atoms with Crippen molar-refractivity contribution in [2.75, 3.05) is 12.3 Å². The van der Waals surface area contributed by atoms with Crippen LogP contribution in [0.4, 0.5) is 10.3 Å². The molecule has 2 heterocycles. The van der Waals surface area contributed by atoms with Crippen molar-refractivity contribution in [1.82, 2.24) is 24.6 Å². The number of carbonyl (C=O) groups is 1. The summed E-state index contributed by atoms with van der Waals surface area (Å²) in [6, 6.07) is 3.43. The molecule has 0 spiro atoms. The van der Waals surface area contributed by atoms with E-state index in [-0.39, 0.29) is 35.4 Å². The van der Waals surface area contributed by atoms with Crippen LogP contribution in [0.2, 0.25) is 5.15 Å². The smallest absolute Gasteiger partial charge is 0.459 e. The number of rotatable bonds is 9. The molecule has 2 aromatic heterocycles. The van der Waals surface area contributed by atoms with Crippen LogP contribution in [0.5, 0.6) is 5.75 Å². The predicted molar refractivity (Wildman–Crippen MR) is 122 cm³/mol. The molecule has 1 aromatic carbocycles. The van der Waals surface area contributed by atoms with Gasteiger partial charge in [0.25, 0.3) is 0 Å². The molecular weight excluding hydrogens is 490 g/mol. The lowest BCUT2D eigenvalue weighted by Gasteiger charge is -2.23. The van der Waals surface area contributed by atoms with Gasteiger partial charge in [-0.25, -0.2) is 13.9 Å². The van der Waals surface area contributed by atoms with Gasteiger partial charge in [-0.15, -0.1) is 0 Å². The molecule has 4 rings (SSSR count). The summed E-state index contributed by atoms with van der Waals surface area (Å²) in [5, 5.41) is 11.7. The van der Waals surface area contributed by atoms with E-state index in [0.717, 1.165) is 12.1 Å². The Morgan fingerprint density at radius 2 is 2.12 bits per heavy atom. The first-order valence-electron chi connectivity index (χ1n) is 10.2. The molecule has 0 fully saturated rings. The number of halogens is 2. The van der Waals surface area contributed by atoms with Crippen molar-refractivity contribution in [3.05, 3.63) is 53.7 Å². The lowest BCUT2D eigenvalue weighted by atomic mass is 10.1. The molecule has 11 nitrogen and oxygen atoms in total. The predicted octanol–water partition coefficient (Wildman–Crippen LogP) is 3.58. The second-order valence-electron chi connectivity index (χ2n) is 7.67. The Balaban J connectivity index is 1.46. The van der Waals surface area contributed by atoms with E-state index < -0.39 is 25.6 Å². The number of carboxylic acids is 1. The van der Waals surface area contributed by atoms with E-state index in [4.69, 9.17) is 26.4 Å². The summed E-state index contributed by atoms with van der Waals surface area (Å²) in [5.74, 6) is -1.83. The van der Waals surface area contributed by atoms with Gasteiger partial charge in [0.15, 0.2) is 10.8 Å². The highest BCUT2D eigenvalue weighted by Gasteiger charge is 2.33. The highest BCUT2D eigenvalue weighted by Crippen LogP contribution is 2.46. The average molecular weight is 511 g/mol. The van der Waals surface area contributed by atoms with Gasteiger partial charge >= 0.3 is 13.7 Å². The Morgan fingerprint density at radius 1 is 1.38 bits per heavy atom. The number of allylic oxidation sites excluding steroid dienone is 1. The largest absolute Gasteiger partial charge is 0.480 e. The molecule has 34 heavy (non-hydrogen) atoms. The lowest BCUT2D eigenvalue weighted by Crippen LogP contribution is -2.33. The van der Waals surface area contributed by atoms with Crippen molar-refractivity contribution in [2.24, 2.45) is 5.92 Å². The highest BCUT2D eigenvalue weighted by molar-refractivity contribution is 7.52. The monoisotopic (exact) mass is 510 g/mol. The van der Waals surface area contributed by atoms with Gasteiger partial charge in [-0.1, -0.05) is 23.8 Å². The Bertz CT molecular complexity index is 1290. The van der Waals surface area contributed by atoms with Gasteiger partial charge in [-0.05, 0) is 37.6 Å². The molecule has 0 bridgehead atoms. The molecule has 1 aliphatic carbocycles. The molecular formula is C20H21ClFN6O5P. The normalized spacial score (nSPS) is 20.3. The van der Waals surface area contributed by atoms with Gasteiger partial charge in [0.1, 0.15) is 23.1 Å². The minimum absolute atomic E-state index is 0.0265. The second kappa shape index (κ2) is 9.67. The molecule has 0 saturated carbocycles. The Morgan fingerprint density at radius 3 is 2.82 bits per heavy atom. The van der Waals surface area contributed by atoms with E-state index in [1.807, 2.05) is 12.2 Å². The molecule has 180 valence electrons. The van der Waals surface area contributed by atoms with Crippen LogP contribution in [-0.2, 0) is 13.9 Å². The average Bonchev–Trinajstić information content (AvgIpc) is 3.41. The summed E-state index contributed by atoms with van der Waals surface area (Å²) in [7, 11) is -4.11. The first-order chi connectivity index (χ1) is 16.1. The second-order valence-corrected chi connectivity index (χ2v) is 9.72. The first-order valence-corrected chi connectivity index (χ1v) is 12.1. The Hall–Kier alpha value is -3.05. The number of imidazole rings is 1. The Labute approximate surface area is 198 Å². The maximum Gasteiger partial charge on any atom is 0.459 e. The van der Waals surface area contributed by atoms with E-state index >= 15 is 0 Å². The fraction of sp³-hybridized carbons (Fsp3) is 0.300. The van der Waals surface area contributed by atoms with Crippen LogP contribution in [0, 0.1) is 11.7 Å². The maximum atomic E-state index is 13.3. The van der Waals surface area contributed by atoms with Crippen molar-refractivity contribution in [3.8, 4) is 5.75 Å². The van der Waals surface area contributed by atoms with Gasteiger partial charge in [-0.2, -0.15) is 15.1 Å². The number of nitrogens with two attached hydrogens (primary N) is 1. The quantitative estimate of drug-likeness (QED) is 0.221. The number of nitrogen functional groups attached to an aromatic ring is 1. The van der Waals surface area contributed by atoms with Crippen LogP contribution in [0.25, 0.3) is 11.2 Å². The third-order valence-electron chi connectivity index (χ3n) is 5.12. The Kier molecular flexibility index (Phi) is 6.85. The minimum Gasteiger partial charge on any atom is -0.480 e. The molecule has 0 aliphatic heterocycles. The van der Waals surface area contributed by atoms with Gasteiger partial charge in [0.05, 0.1) is 19.0 Å². The van der Waals surface area contributed by atoms with E-state index in [2.05, 4.69) is 20.0 Å². The van der Waals surface area contributed by atoms with Crippen molar-refractivity contribution < 1.29 is 27.9 Å². The third kappa shape index (κ3) is 5.36. The summed E-state index contributed by atoms with van der Waals surface area (Å²) in [6.45, 7) is 1.27. The molecule has 0 radical (unpaired) electrons. The standard InChI is InChI=1S/C20H21ClFN6O5P/c1-11(19(29)30)27-34(31,33-15-6-3-13(22)4-7-15)32-9-12-2-5-14(8-12)28-10-24-16-17(21)25-20(23)26-18(16)28/h2-7,10-12,14H,8-9H2,1H3,(H,27,31)(H,29,30)(H2,23,25,26)/t11-,12+,14-,34?/m0/s1. The van der Waals surface area contributed by atoms with Crippen LogP contribution in [-0.4, -0.2) is 43.2 Å². The topological polar surface area (TPSA) is 154 Å². The van der Waals surface area contributed by atoms with E-state index in [1.165, 1.54) is 19.1 Å². The molecule has 3 aromatic rings. The molecule has 4 atom stereocenters. The third-order valence-corrected chi connectivity index (χ3v) is 7.03. The molecule has 1 unspecified atom stereocenters. The molecule has 0 saturated heterocycles. The summed E-state index contributed by atoms with van der Waals surface area (Å²) in [5.41, 5.74) is 6.61. The summed E-state index contributed by atoms with van der Waals surface area (Å²) in [4.78, 5) is 23.6. The highest BCUT2D eigenvalue weighted by atomic mass is 35.5. The van der Waals surface area contributed by atoms with Crippen molar-refractivity contribution in [2.45, 2.75) is 25.4 Å². The summed E-state index contributed by atoms with van der Waals surface area (Å²) in [6.07, 6.45) is 5.94. The fourth-order valence-electron chi connectivity index (χ4n) is 3.43. The van der Waals surface area contributed by atoms with Crippen LogP contribution < -0.4 is 15.3 Å². The number of nitrogens with zero attached hydrogens (tertiary/aromatic N) is 4. The number of carboxylic acid groups (broad SMARTS) is 1. The zero-order valence-corrected chi connectivity index (χ0v) is 19.5. The van der Waals surface area contributed by atoms with E-state index in [1.54, 1.807) is 10.9 Å². The minimum atomic E-state index is -4.11. The van der Waals surface area contributed by atoms with E-state index in [9.17, 15) is 18.9 Å². The van der Waals surface area contributed by atoms with Crippen LogP contribution in [0.1, 0.15) is 19.4 Å². The van der Waals surface area contributed by atoms with Crippen molar-refractivity contribution in [1.29, 1.82) is 0 Å². The number of aliphatic carboxylic acids is 1. The number of nitrogens with one attached hydrogen (secondary N) is 1. The molecule has 1 aliphatic rings. The number of hydrogen-bond acceptors (Lipinski definition) is 8. The van der Waals surface area contributed by atoms with Gasteiger partial charge in [0, 0.05) is 5.92 Å². The summed E-state index contributed by atoms with van der Waals surface area (Å²) < 4.78 is 39.3. The number of fused-ring (bicyclic) bond motifs is 1. The molecule has 14 heteroatoms. The number of benzene rings is 1. The molecule has 0 amide bonds. The number of aromatic nitrogens is 4. The summed E-state index contributed by atoms with van der Waals surface area (Å²) >= 11 is 6.09. The van der Waals surface area contributed by atoms with Gasteiger partial charge in [0.2, 0.25) is 5.95 Å². The fourth-order valence-corrected chi connectivity index (χ4v) is 5.21. The number of anilines is 1. The lowest BCUT2D eigenvalue weighted by molar-refractivity contribution is -0.138. The van der Waals surface area contributed by atoms with Crippen molar-refractivity contribution >= 4 is 42.4 Å². The van der Waals surface area contributed by atoms with Gasteiger partial charge < -0.3 is 19.9 Å². The van der Waals surface area contributed by atoms with Crippen molar-refractivity contribution in [3.63, 3.8) is 0 Å². The SMILES string of the molecule is C[C@H](NP(=O)(OC[C@@H]1C=C[C@H](n2cnc3c(Cl)nc(N)nc32)C1)Oc1ccc(F)cc1)C(=O)O. The van der Waals surface area contributed by atoms with E-state index in [0.29, 0.717) is 17.6 Å². The van der Waals surface area contributed by atoms with Gasteiger partial charge in [-0.3, -0.25) is 9.32 Å². The molecule has 4 N–H and O–H groups in total. The van der Waals surface area contributed by atoms with Crippen LogP contribution in [0.3, 0.4) is 0 Å². The zero-order chi connectivity index (χ0) is 24.5. The van der Waals surface area contributed by atoms with Crippen LogP contribution >= 0.6 is 19.3 Å². The number of hydrogen-bond donors (Lipinski definition) is 3. The first kappa shape index (κ1) is 24.1.